The predicted molar refractivity (Wildman–Crippen MR) is 39.5 cm³/mol. The first-order valence-corrected chi connectivity index (χ1v) is 3.83. The summed E-state index contributed by atoms with van der Waals surface area (Å²) in [5.74, 6) is 0.351. The summed E-state index contributed by atoms with van der Waals surface area (Å²) in [7, 11) is 0. The van der Waals surface area contributed by atoms with E-state index in [4.69, 9.17) is 0 Å². The highest BCUT2D eigenvalue weighted by Gasteiger charge is 2.17. The van der Waals surface area contributed by atoms with Crippen LogP contribution in [-0.2, 0) is 4.79 Å². The van der Waals surface area contributed by atoms with Crippen LogP contribution in [0.2, 0.25) is 0 Å². The zero-order chi connectivity index (χ0) is 7.40. The minimum atomic E-state index is 0.351. The molecule has 58 valence electrons. The van der Waals surface area contributed by atoms with Crippen LogP contribution in [0.15, 0.2) is 0 Å². The molecule has 1 fully saturated rings. The molecule has 0 unspecified atom stereocenters. The lowest BCUT2D eigenvalue weighted by molar-refractivity contribution is -0.117. The Kier molecular flexibility index (Phi) is 2.83. The van der Waals surface area contributed by atoms with Gasteiger partial charge in [0.25, 0.3) is 0 Å². The summed E-state index contributed by atoms with van der Waals surface area (Å²) in [5.41, 5.74) is 3.17. The van der Waals surface area contributed by atoms with Crippen LogP contribution in [0.25, 0.3) is 0 Å². The second kappa shape index (κ2) is 3.68. The predicted octanol–water partition coefficient (Wildman–Crippen LogP) is 0.176. The Bertz CT molecular complexity index is 125. The van der Waals surface area contributed by atoms with E-state index in [0.29, 0.717) is 12.3 Å². The Hall–Kier alpha value is -0.410. The number of carbonyl (C=O) groups is 1. The first kappa shape index (κ1) is 7.69. The van der Waals surface area contributed by atoms with Gasteiger partial charge in [-0.2, -0.15) is 0 Å². The minimum Gasteiger partial charge on any atom is -0.298 e. The van der Waals surface area contributed by atoms with E-state index in [2.05, 4.69) is 12.3 Å². The van der Waals surface area contributed by atoms with Gasteiger partial charge in [0.1, 0.15) is 5.78 Å². The van der Waals surface area contributed by atoms with Crippen LogP contribution in [0.1, 0.15) is 19.8 Å². The highest BCUT2D eigenvalue weighted by molar-refractivity contribution is 5.82. The first-order valence-electron chi connectivity index (χ1n) is 3.83. The molecular formula is C7H14N2O. The number of carbonyl (C=O) groups excluding carboxylic acids is 1. The van der Waals surface area contributed by atoms with Crippen molar-refractivity contribution >= 4 is 5.78 Å². The molecule has 1 saturated heterocycles. The van der Waals surface area contributed by atoms with E-state index < -0.39 is 0 Å². The molecule has 0 atom stereocenters. The molecule has 0 aliphatic carbocycles. The molecule has 0 aromatic heterocycles. The van der Waals surface area contributed by atoms with Gasteiger partial charge in [-0.15, -0.1) is 0 Å². The summed E-state index contributed by atoms with van der Waals surface area (Å²) in [4.78, 5) is 10.7. The second-order valence-corrected chi connectivity index (χ2v) is 2.62. The Morgan fingerprint density at radius 1 is 1.70 bits per heavy atom. The smallest absolute Gasteiger partial charge is 0.149 e. The quantitative estimate of drug-likeness (QED) is 0.610. The van der Waals surface area contributed by atoms with E-state index in [1.807, 2.05) is 5.01 Å². The minimum absolute atomic E-state index is 0.351. The van der Waals surface area contributed by atoms with Gasteiger partial charge in [0.15, 0.2) is 0 Å². The molecular weight excluding hydrogens is 128 g/mol. The third-order valence-corrected chi connectivity index (χ3v) is 1.61. The van der Waals surface area contributed by atoms with Crippen LogP contribution in [0.5, 0.6) is 0 Å². The van der Waals surface area contributed by atoms with Crippen molar-refractivity contribution in [2.45, 2.75) is 19.8 Å². The Morgan fingerprint density at radius 3 is 3.00 bits per heavy atom. The topological polar surface area (TPSA) is 32.3 Å². The maximum atomic E-state index is 10.7. The zero-order valence-corrected chi connectivity index (χ0v) is 6.39. The van der Waals surface area contributed by atoms with Gasteiger partial charge in [0.05, 0.1) is 6.54 Å². The van der Waals surface area contributed by atoms with E-state index >= 15 is 0 Å². The van der Waals surface area contributed by atoms with Crippen molar-refractivity contribution in [1.82, 2.24) is 10.4 Å². The van der Waals surface area contributed by atoms with Crippen molar-refractivity contribution in [2.24, 2.45) is 0 Å². The number of hydrogen-bond acceptors (Lipinski definition) is 3. The van der Waals surface area contributed by atoms with Gasteiger partial charge in [-0.1, -0.05) is 6.92 Å². The SMILES string of the molecule is CCCNN1CCC(=O)C1. The molecule has 0 aromatic rings. The van der Waals surface area contributed by atoms with Crippen LogP contribution < -0.4 is 5.43 Å². The second-order valence-electron chi connectivity index (χ2n) is 2.62. The number of Topliss-reactive ketones (excluding diaryl/α,β-unsaturated/α-hetero) is 1. The van der Waals surface area contributed by atoms with Gasteiger partial charge < -0.3 is 0 Å². The summed E-state index contributed by atoms with van der Waals surface area (Å²) >= 11 is 0. The maximum Gasteiger partial charge on any atom is 0.149 e. The number of nitrogens with one attached hydrogen (secondary N) is 1. The molecule has 0 amide bonds. The van der Waals surface area contributed by atoms with E-state index in [1.54, 1.807) is 0 Å². The summed E-state index contributed by atoms with van der Waals surface area (Å²) in [5, 5.41) is 1.99. The lowest BCUT2D eigenvalue weighted by atomic mass is 10.4. The molecule has 0 aromatic carbocycles. The summed E-state index contributed by atoms with van der Waals surface area (Å²) in [6.45, 7) is 4.58. The molecule has 0 bridgehead atoms. The Balaban J connectivity index is 2.12. The van der Waals surface area contributed by atoms with Crippen molar-refractivity contribution in [3.05, 3.63) is 0 Å². The standard InChI is InChI=1S/C7H14N2O/c1-2-4-8-9-5-3-7(10)6-9/h8H,2-6H2,1H3. The molecule has 1 heterocycles. The number of hydrogen-bond donors (Lipinski definition) is 1. The van der Waals surface area contributed by atoms with E-state index in [-0.39, 0.29) is 0 Å². The van der Waals surface area contributed by atoms with Crippen molar-refractivity contribution in [3.8, 4) is 0 Å². The van der Waals surface area contributed by atoms with Crippen molar-refractivity contribution in [1.29, 1.82) is 0 Å². The lowest BCUT2D eigenvalue weighted by Crippen LogP contribution is -2.36. The average molecular weight is 142 g/mol. The van der Waals surface area contributed by atoms with Gasteiger partial charge >= 0.3 is 0 Å². The van der Waals surface area contributed by atoms with Gasteiger partial charge in [0.2, 0.25) is 0 Å². The summed E-state index contributed by atoms with van der Waals surface area (Å²) in [6, 6.07) is 0. The Labute approximate surface area is 61.4 Å². The number of hydrazine groups is 1. The molecule has 1 N–H and O–H groups in total. The molecule has 10 heavy (non-hydrogen) atoms. The molecule has 1 aliphatic heterocycles. The lowest BCUT2D eigenvalue weighted by Gasteiger charge is -2.13. The van der Waals surface area contributed by atoms with Crippen LogP contribution >= 0.6 is 0 Å². The first-order chi connectivity index (χ1) is 4.83. The van der Waals surface area contributed by atoms with Gasteiger partial charge in [-0.25, -0.2) is 5.01 Å². The van der Waals surface area contributed by atoms with Crippen molar-refractivity contribution in [3.63, 3.8) is 0 Å². The molecule has 1 aliphatic rings. The van der Waals surface area contributed by atoms with E-state index in [1.165, 1.54) is 0 Å². The highest BCUT2D eigenvalue weighted by atomic mass is 16.1. The average Bonchev–Trinajstić information content (AvgIpc) is 2.31. The molecule has 1 rings (SSSR count). The normalized spacial score (nSPS) is 20.3. The van der Waals surface area contributed by atoms with Crippen LogP contribution in [0.3, 0.4) is 0 Å². The van der Waals surface area contributed by atoms with Gasteiger partial charge in [-0.05, 0) is 6.42 Å². The largest absolute Gasteiger partial charge is 0.298 e. The summed E-state index contributed by atoms with van der Waals surface area (Å²) in [6.07, 6.45) is 1.83. The maximum absolute atomic E-state index is 10.7. The van der Waals surface area contributed by atoms with Crippen LogP contribution in [0, 0.1) is 0 Å². The summed E-state index contributed by atoms with van der Waals surface area (Å²) < 4.78 is 0. The fourth-order valence-corrected chi connectivity index (χ4v) is 1.04. The molecule has 3 nitrogen and oxygen atoms in total. The monoisotopic (exact) mass is 142 g/mol. The number of rotatable bonds is 3. The molecule has 0 saturated carbocycles. The van der Waals surface area contributed by atoms with Crippen LogP contribution in [-0.4, -0.2) is 30.4 Å². The van der Waals surface area contributed by atoms with Crippen molar-refractivity contribution in [2.75, 3.05) is 19.6 Å². The van der Waals surface area contributed by atoms with Crippen molar-refractivity contribution < 1.29 is 4.79 Å². The van der Waals surface area contributed by atoms with Crippen LogP contribution in [0.4, 0.5) is 0 Å². The van der Waals surface area contributed by atoms with E-state index in [9.17, 15) is 4.79 Å². The fourth-order valence-electron chi connectivity index (χ4n) is 1.04. The zero-order valence-electron chi connectivity index (χ0n) is 6.39. The highest BCUT2D eigenvalue weighted by Crippen LogP contribution is 1.99. The van der Waals surface area contributed by atoms with Gasteiger partial charge in [-0.3, -0.25) is 10.2 Å². The molecule has 3 heteroatoms. The molecule has 0 radical (unpaired) electrons. The van der Waals surface area contributed by atoms with Gasteiger partial charge in [0, 0.05) is 19.5 Å². The third kappa shape index (κ3) is 2.08. The fraction of sp³-hybridized carbons (Fsp3) is 0.857. The molecule has 0 spiro atoms. The van der Waals surface area contributed by atoms with E-state index in [0.717, 1.165) is 25.9 Å². The number of ketones is 1. The third-order valence-electron chi connectivity index (χ3n) is 1.61. The Morgan fingerprint density at radius 2 is 2.50 bits per heavy atom. The number of nitrogens with zero attached hydrogens (tertiary/aromatic N) is 1.